The van der Waals surface area contributed by atoms with Gasteiger partial charge in [-0.05, 0) is 24.7 Å². The van der Waals surface area contributed by atoms with Crippen LogP contribution in [0.25, 0.3) is 0 Å². The molecule has 0 heterocycles. The van der Waals surface area contributed by atoms with Crippen molar-refractivity contribution in [3.05, 3.63) is 0 Å². The molecule has 0 amide bonds. The van der Waals surface area contributed by atoms with Gasteiger partial charge in [-0.25, -0.2) is 8.42 Å². The number of rotatable bonds is 16. The Morgan fingerprint density at radius 3 is 1.66 bits per heavy atom. The quantitative estimate of drug-likeness (QED) is 0.150. The molecule has 1 atom stereocenters. The van der Waals surface area contributed by atoms with Crippen molar-refractivity contribution in [3.8, 4) is 0 Å². The maximum atomic E-state index is 11.9. The summed E-state index contributed by atoms with van der Waals surface area (Å²) in [7, 11) is -4.99. The van der Waals surface area contributed by atoms with Crippen molar-refractivity contribution in [2.75, 3.05) is 13.2 Å². The summed E-state index contributed by atoms with van der Waals surface area (Å²) >= 11 is 0. The zero-order valence-corrected chi connectivity index (χ0v) is 21.6. The molecule has 0 saturated heterocycles. The number of hydrogen-bond donors (Lipinski definition) is 0. The van der Waals surface area contributed by atoms with E-state index in [1.807, 2.05) is 0 Å². The maximum absolute atomic E-state index is 11.9. The van der Waals surface area contributed by atoms with Gasteiger partial charge in [0.2, 0.25) is 0 Å². The van der Waals surface area contributed by atoms with E-state index in [2.05, 4.69) is 27.7 Å². The molecular weight excluding hydrogens is 407 g/mol. The molecule has 0 aromatic carbocycles. The third kappa shape index (κ3) is 18.3. The molecule has 0 spiro atoms. The Hall–Kier alpha value is -0.150. The first-order valence-corrected chi connectivity index (χ1v) is 11.8. The van der Waals surface area contributed by atoms with Gasteiger partial charge in [0, 0.05) is 0 Å². The molecule has 0 aliphatic carbocycles. The first kappa shape index (κ1) is 31.0. The van der Waals surface area contributed by atoms with Gasteiger partial charge in [-0.2, -0.15) is 0 Å². The predicted molar refractivity (Wildman–Crippen MR) is 107 cm³/mol. The molecule has 9 heteroatoms. The minimum atomic E-state index is -4.99. The molecule has 0 aliphatic rings. The molecule has 0 N–H and O–H groups in total. The Labute approximate surface area is 198 Å². The largest absolute Gasteiger partial charge is 1.00 e. The molecule has 0 bridgehead atoms. The topological polar surface area (TPSA) is 110 Å². The van der Waals surface area contributed by atoms with Gasteiger partial charge >= 0.3 is 41.5 Å². The van der Waals surface area contributed by atoms with E-state index in [0.29, 0.717) is 24.7 Å². The number of hydrogen-bond acceptors (Lipinski definition) is 7. The average Bonchev–Trinajstić information content (AvgIpc) is 2.57. The summed E-state index contributed by atoms with van der Waals surface area (Å²) in [5.74, 6) is -0.833. The number of unbranched alkanes of at least 4 members (excludes halogenated alkanes) is 4. The molecule has 0 aliphatic heterocycles. The van der Waals surface area contributed by atoms with E-state index in [-0.39, 0.29) is 42.8 Å². The van der Waals surface area contributed by atoms with Crippen LogP contribution in [0.4, 0.5) is 0 Å². The zero-order valence-electron chi connectivity index (χ0n) is 18.8. The van der Waals surface area contributed by atoms with Crippen LogP contribution < -0.4 is 29.6 Å². The van der Waals surface area contributed by atoms with Crippen molar-refractivity contribution >= 4 is 22.1 Å². The molecule has 7 nitrogen and oxygen atoms in total. The van der Waals surface area contributed by atoms with Crippen LogP contribution >= 0.6 is 0 Å². The van der Waals surface area contributed by atoms with Crippen LogP contribution in [0.2, 0.25) is 0 Å². The van der Waals surface area contributed by atoms with Crippen molar-refractivity contribution in [1.29, 1.82) is 0 Å². The third-order valence-corrected chi connectivity index (χ3v) is 5.38. The molecule has 29 heavy (non-hydrogen) atoms. The second kappa shape index (κ2) is 17.5. The summed E-state index contributed by atoms with van der Waals surface area (Å²) < 4.78 is 43.8. The van der Waals surface area contributed by atoms with Crippen molar-refractivity contribution < 1.29 is 61.6 Å². The molecule has 1 unspecified atom stereocenters. The molecule has 166 valence electrons. The molecule has 0 rings (SSSR count). The Bertz CT molecular complexity index is 547. The van der Waals surface area contributed by atoms with Gasteiger partial charge in [-0.1, -0.05) is 66.2 Å². The maximum Gasteiger partial charge on any atom is 1.00 e. The smallest absolute Gasteiger partial charge is 0.747 e. The predicted octanol–water partition coefficient (Wildman–Crippen LogP) is 0.814. The molecule has 0 fully saturated rings. The van der Waals surface area contributed by atoms with Gasteiger partial charge in [-0.3, -0.25) is 9.59 Å². The fourth-order valence-corrected chi connectivity index (χ4v) is 3.27. The number of carbonyl (C=O) groups excluding carboxylic acids is 2. The summed E-state index contributed by atoms with van der Waals surface area (Å²) in [4.78, 5) is 23.7. The average molecular weight is 445 g/mol. The van der Waals surface area contributed by atoms with E-state index in [1.54, 1.807) is 0 Å². The van der Waals surface area contributed by atoms with Crippen molar-refractivity contribution in [2.45, 2.75) is 90.7 Å². The van der Waals surface area contributed by atoms with Crippen LogP contribution in [0.15, 0.2) is 0 Å². The van der Waals surface area contributed by atoms with Crippen LogP contribution in [0.1, 0.15) is 85.5 Å². The van der Waals surface area contributed by atoms with Gasteiger partial charge < -0.3 is 14.0 Å². The van der Waals surface area contributed by atoms with E-state index >= 15 is 0 Å². The van der Waals surface area contributed by atoms with Crippen LogP contribution in [0, 0.1) is 11.8 Å². The van der Waals surface area contributed by atoms with Gasteiger partial charge in [0.15, 0.2) is 5.25 Å². The van der Waals surface area contributed by atoms with Gasteiger partial charge in [0.1, 0.15) is 10.1 Å². The number of carbonyl (C=O) groups is 2. The Morgan fingerprint density at radius 2 is 1.24 bits per heavy atom. The summed E-state index contributed by atoms with van der Waals surface area (Å²) in [6.45, 7) is 8.69. The van der Waals surface area contributed by atoms with Gasteiger partial charge in [0.25, 0.3) is 0 Å². The van der Waals surface area contributed by atoms with E-state index in [9.17, 15) is 22.6 Å². The fraction of sp³-hybridized carbons (Fsp3) is 0.900. The van der Waals surface area contributed by atoms with Crippen molar-refractivity contribution in [1.82, 2.24) is 0 Å². The standard InChI is InChI=1S/C20H38O7S.Na/c1-16(2)11-7-5-9-13-26-19(21)15-18(28(23,24)25)20(22)27-14-10-6-8-12-17(3)4;/h16-18H,5-15H2,1-4H3,(H,23,24,25);/q;+1/p-1. The van der Waals surface area contributed by atoms with Crippen LogP contribution in [0.5, 0.6) is 0 Å². The van der Waals surface area contributed by atoms with E-state index < -0.39 is 33.7 Å². The fourth-order valence-electron chi connectivity index (χ4n) is 2.63. The van der Waals surface area contributed by atoms with Crippen LogP contribution in [0.3, 0.4) is 0 Å². The third-order valence-electron chi connectivity index (χ3n) is 4.32. The Morgan fingerprint density at radius 1 is 0.793 bits per heavy atom. The summed E-state index contributed by atoms with van der Waals surface area (Å²) in [5.41, 5.74) is 0. The normalized spacial score (nSPS) is 12.5. The van der Waals surface area contributed by atoms with Gasteiger partial charge in [-0.15, -0.1) is 0 Å². The van der Waals surface area contributed by atoms with Crippen molar-refractivity contribution in [2.24, 2.45) is 11.8 Å². The first-order valence-electron chi connectivity index (χ1n) is 10.3. The van der Waals surface area contributed by atoms with E-state index in [4.69, 9.17) is 9.47 Å². The van der Waals surface area contributed by atoms with Gasteiger partial charge in [0.05, 0.1) is 19.6 Å². The molecular formula is C20H37NaO7S. The molecule has 0 aromatic heterocycles. The second-order valence-corrected chi connectivity index (χ2v) is 9.61. The molecule has 0 radical (unpaired) electrons. The first-order chi connectivity index (χ1) is 13.0. The van der Waals surface area contributed by atoms with Crippen LogP contribution in [-0.2, 0) is 29.2 Å². The summed E-state index contributed by atoms with van der Waals surface area (Å²) in [6, 6.07) is 0. The van der Waals surface area contributed by atoms with Crippen molar-refractivity contribution in [3.63, 3.8) is 0 Å². The summed E-state index contributed by atoms with van der Waals surface area (Å²) in [5, 5.41) is -2.04. The number of ether oxygens (including phenoxy) is 2. The van der Waals surface area contributed by atoms with E-state index in [1.165, 1.54) is 0 Å². The number of esters is 2. The molecule has 0 aromatic rings. The molecule has 0 saturated carbocycles. The summed E-state index contributed by atoms with van der Waals surface area (Å²) in [6.07, 6.45) is 6.36. The van der Waals surface area contributed by atoms with E-state index in [0.717, 1.165) is 38.5 Å². The SMILES string of the molecule is CC(C)CCCCCOC(=O)CC(C(=O)OCCCCCC(C)C)S(=O)(=O)[O-].[Na+]. The Kier molecular flexibility index (Phi) is 18.8. The van der Waals surface area contributed by atoms with Crippen LogP contribution in [-0.4, -0.2) is 43.4 Å². The minimum Gasteiger partial charge on any atom is -0.747 e. The minimum absolute atomic E-state index is 0. The Balaban J connectivity index is 0. The second-order valence-electron chi connectivity index (χ2n) is 8.06. The zero-order chi connectivity index (χ0) is 21.6. The monoisotopic (exact) mass is 444 g/mol.